The smallest absolute Gasteiger partial charge is 0.387 e. The van der Waals surface area contributed by atoms with Crippen LogP contribution in [-0.4, -0.2) is 17.7 Å². The number of alkyl halides is 2. The standard InChI is InChI=1S/C8H6F3NO3/c9-5-2-3(15-8(10)11)1-4(6(5)12)7(13)14/h1-2,8H,12H2,(H,13,14). The molecule has 0 amide bonds. The molecular weight excluding hydrogens is 215 g/mol. The molecule has 15 heavy (non-hydrogen) atoms. The molecule has 3 N–H and O–H groups in total. The van der Waals surface area contributed by atoms with E-state index in [-0.39, 0.29) is 0 Å². The van der Waals surface area contributed by atoms with E-state index in [1.165, 1.54) is 0 Å². The summed E-state index contributed by atoms with van der Waals surface area (Å²) in [6.07, 6.45) is 0. The lowest BCUT2D eigenvalue weighted by Crippen LogP contribution is -2.08. The lowest BCUT2D eigenvalue weighted by atomic mass is 10.1. The van der Waals surface area contributed by atoms with Crippen LogP contribution in [0.15, 0.2) is 12.1 Å². The number of carbonyl (C=O) groups is 1. The summed E-state index contributed by atoms with van der Waals surface area (Å²) in [7, 11) is 0. The van der Waals surface area contributed by atoms with Gasteiger partial charge >= 0.3 is 12.6 Å². The van der Waals surface area contributed by atoms with Crippen LogP contribution < -0.4 is 10.5 Å². The molecule has 0 atom stereocenters. The number of rotatable bonds is 3. The SMILES string of the molecule is Nc1c(F)cc(OC(F)F)cc1C(=O)O. The molecule has 0 aliphatic rings. The Kier molecular flexibility index (Phi) is 3.03. The Hall–Kier alpha value is -1.92. The number of aromatic carboxylic acids is 1. The molecule has 7 heteroatoms. The maximum absolute atomic E-state index is 12.9. The Balaban J connectivity index is 3.17. The summed E-state index contributed by atoms with van der Waals surface area (Å²) in [5.74, 6) is -3.23. The topological polar surface area (TPSA) is 72.5 Å². The van der Waals surface area contributed by atoms with Gasteiger partial charge in [0, 0.05) is 6.07 Å². The van der Waals surface area contributed by atoms with E-state index in [1.807, 2.05) is 0 Å². The average molecular weight is 221 g/mol. The zero-order valence-electron chi connectivity index (χ0n) is 7.21. The molecule has 0 radical (unpaired) electrons. The fourth-order valence-electron chi connectivity index (χ4n) is 0.941. The van der Waals surface area contributed by atoms with Gasteiger partial charge in [0.1, 0.15) is 5.75 Å². The number of nitrogen functional groups attached to an aromatic ring is 1. The summed E-state index contributed by atoms with van der Waals surface area (Å²) < 4.78 is 40.3. The third-order valence-electron chi connectivity index (χ3n) is 1.56. The van der Waals surface area contributed by atoms with Crippen LogP contribution in [0.4, 0.5) is 18.9 Å². The van der Waals surface area contributed by atoms with E-state index in [1.54, 1.807) is 0 Å². The number of halogens is 3. The number of carboxylic acid groups (broad SMARTS) is 1. The van der Waals surface area contributed by atoms with Crippen LogP contribution in [0.5, 0.6) is 5.75 Å². The first kappa shape index (κ1) is 11.2. The molecule has 4 nitrogen and oxygen atoms in total. The van der Waals surface area contributed by atoms with Crippen molar-refractivity contribution in [3.63, 3.8) is 0 Å². The molecule has 1 rings (SSSR count). The third-order valence-corrected chi connectivity index (χ3v) is 1.56. The van der Waals surface area contributed by atoms with E-state index in [2.05, 4.69) is 4.74 Å². The summed E-state index contributed by atoms with van der Waals surface area (Å²) >= 11 is 0. The zero-order chi connectivity index (χ0) is 11.6. The monoisotopic (exact) mass is 221 g/mol. The van der Waals surface area contributed by atoms with Gasteiger partial charge in [0.2, 0.25) is 0 Å². The largest absolute Gasteiger partial charge is 0.478 e. The minimum Gasteiger partial charge on any atom is -0.478 e. The Morgan fingerprint density at radius 2 is 2.07 bits per heavy atom. The minimum atomic E-state index is -3.16. The highest BCUT2D eigenvalue weighted by molar-refractivity contribution is 5.94. The van der Waals surface area contributed by atoms with Crippen molar-refractivity contribution in [2.24, 2.45) is 0 Å². The first-order valence-electron chi connectivity index (χ1n) is 3.69. The lowest BCUT2D eigenvalue weighted by Gasteiger charge is -2.07. The first-order valence-corrected chi connectivity index (χ1v) is 3.69. The normalized spacial score (nSPS) is 10.4. The van der Waals surface area contributed by atoms with Crippen LogP contribution in [0.25, 0.3) is 0 Å². The number of hydrogen-bond acceptors (Lipinski definition) is 3. The molecule has 0 unspecified atom stereocenters. The molecule has 0 heterocycles. The molecule has 0 aliphatic carbocycles. The highest BCUT2D eigenvalue weighted by atomic mass is 19.3. The average Bonchev–Trinajstić information content (AvgIpc) is 2.09. The van der Waals surface area contributed by atoms with E-state index < -0.39 is 35.4 Å². The van der Waals surface area contributed by atoms with Crippen LogP contribution in [0.3, 0.4) is 0 Å². The van der Waals surface area contributed by atoms with Gasteiger partial charge in [-0.25, -0.2) is 9.18 Å². The molecule has 0 fully saturated rings. The summed E-state index contributed by atoms with van der Waals surface area (Å²) in [5.41, 5.74) is 3.84. The molecule has 0 spiro atoms. The summed E-state index contributed by atoms with van der Waals surface area (Å²) in [4.78, 5) is 10.5. The van der Waals surface area contributed by atoms with E-state index in [0.717, 1.165) is 6.07 Å². The van der Waals surface area contributed by atoms with Crippen LogP contribution in [0, 0.1) is 5.82 Å². The van der Waals surface area contributed by atoms with Gasteiger partial charge in [-0.3, -0.25) is 0 Å². The molecule has 82 valence electrons. The van der Waals surface area contributed by atoms with Crippen molar-refractivity contribution < 1.29 is 27.8 Å². The van der Waals surface area contributed by atoms with Crippen molar-refractivity contribution in [3.05, 3.63) is 23.5 Å². The van der Waals surface area contributed by atoms with Crippen molar-refractivity contribution in [2.75, 3.05) is 5.73 Å². The van der Waals surface area contributed by atoms with E-state index in [0.29, 0.717) is 6.07 Å². The Morgan fingerprint density at radius 3 is 2.53 bits per heavy atom. The maximum Gasteiger partial charge on any atom is 0.387 e. The molecule has 0 aromatic heterocycles. The summed E-state index contributed by atoms with van der Waals surface area (Å²) in [5, 5.41) is 8.56. The predicted octanol–water partition coefficient (Wildman–Crippen LogP) is 1.71. The van der Waals surface area contributed by atoms with Gasteiger partial charge in [-0.05, 0) is 6.07 Å². The maximum atomic E-state index is 12.9. The van der Waals surface area contributed by atoms with Crippen molar-refractivity contribution in [1.29, 1.82) is 0 Å². The second kappa shape index (κ2) is 4.07. The number of carboxylic acids is 1. The minimum absolute atomic E-state index is 0.589. The van der Waals surface area contributed by atoms with Gasteiger partial charge in [0.25, 0.3) is 0 Å². The molecular formula is C8H6F3NO3. The highest BCUT2D eigenvalue weighted by Gasteiger charge is 2.16. The van der Waals surface area contributed by atoms with Gasteiger partial charge < -0.3 is 15.6 Å². The van der Waals surface area contributed by atoms with Crippen LogP contribution in [0.1, 0.15) is 10.4 Å². The summed E-state index contributed by atoms with van der Waals surface area (Å²) in [6, 6.07) is 1.32. The highest BCUT2D eigenvalue weighted by Crippen LogP contribution is 2.24. The van der Waals surface area contributed by atoms with Gasteiger partial charge in [-0.1, -0.05) is 0 Å². The van der Waals surface area contributed by atoms with E-state index >= 15 is 0 Å². The summed E-state index contributed by atoms with van der Waals surface area (Å²) in [6.45, 7) is -3.16. The number of benzene rings is 1. The predicted molar refractivity (Wildman–Crippen MR) is 44.4 cm³/mol. The van der Waals surface area contributed by atoms with Crippen LogP contribution in [0.2, 0.25) is 0 Å². The third kappa shape index (κ3) is 2.52. The van der Waals surface area contributed by atoms with Crippen molar-refractivity contribution in [3.8, 4) is 5.75 Å². The Labute approximate surface area is 82.1 Å². The molecule has 0 saturated carbocycles. The fourth-order valence-corrected chi connectivity index (χ4v) is 0.941. The van der Waals surface area contributed by atoms with Crippen molar-refractivity contribution in [1.82, 2.24) is 0 Å². The number of hydrogen-bond donors (Lipinski definition) is 2. The molecule has 0 bridgehead atoms. The van der Waals surface area contributed by atoms with E-state index in [4.69, 9.17) is 10.8 Å². The molecule has 0 aliphatic heterocycles. The van der Waals surface area contributed by atoms with Crippen LogP contribution in [-0.2, 0) is 0 Å². The quantitative estimate of drug-likeness (QED) is 0.762. The number of ether oxygens (including phenoxy) is 1. The van der Waals surface area contributed by atoms with Crippen LogP contribution >= 0.6 is 0 Å². The second-order valence-electron chi connectivity index (χ2n) is 2.55. The van der Waals surface area contributed by atoms with Gasteiger partial charge in [0.05, 0.1) is 11.3 Å². The number of anilines is 1. The number of nitrogens with two attached hydrogens (primary N) is 1. The van der Waals surface area contributed by atoms with Gasteiger partial charge in [0.15, 0.2) is 5.82 Å². The van der Waals surface area contributed by atoms with Crippen molar-refractivity contribution in [2.45, 2.75) is 6.61 Å². The molecule has 0 saturated heterocycles. The van der Waals surface area contributed by atoms with E-state index in [9.17, 15) is 18.0 Å². The molecule has 1 aromatic carbocycles. The Morgan fingerprint density at radius 1 is 1.47 bits per heavy atom. The lowest BCUT2D eigenvalue weighted by molar-refractivity contribution is -0.0500. The second-order valence-corrected chi connectivity index (χ2v) is 2.55. The molecule has 1 aromatic rings. The fraction of sp³-hybridized carbons (Fsp3) is 0.125. The van der Waals surface area contributed by atoms with Crippen molar-refractivity contribution >= 4 is 11.7 Å². The zero-order valence-corrected chi connectivity index (χ0v) is 7.21. The van der Waals surface area contributed by atoms with Gasteiger partial charge in [-0.2, -0.15) is 8.78 Å². The first-order chi connectivity index (χ1) is 6.91. The Bertz CT molecular complexity index is 395. The van der Waals surface area contributed by atoms with Gasteiger partial charge in [-0.15, -0.1) is 0 Å².